The van der Waals surface area contributed by atoms with E-state index in [0.717, 1.165) is 30.8 Å². The van der Waals surface area contributed by atoms with Gasteiger partial charge in [0, 0.05) is 18.5 Å². The quantitative estimate of drug-likeness (QED) is 0.561. The van der Waals surface area contributed by atoms with Gasteiger partial charge in [0.1, 0.15) is 17.1 Å². The Balaban J connectivity index is 1.66. The number of amides is 1. The predicted octanol–water partition coefficient (Wildman–Crippen LogP) is 6.74. The van der Waals surface area contributed by atoms with Gasteiger partial charge in [-0.15, -0.1) is 0 Å². The van der Waals surface area contributed by atoms with Gasteiger partial charge in [0.25, 0.3) is 0 Å². The molecule has 1 aromatic rings. The third-order valence-corrected chi connectivity index (χ3v) is 6.03. The summed E-state index contributed by atoms with van der Waals surface area (Å²) >= 11 is 0. The molecule has 1 saturated carbocycles. The van der Waals surface area contributed by atoms with Crippen LogP contribution in [0.4, 0.5) is 4.79 Å². The summed E-state index contributed by atoms with van der Waals surface area (Å²) < 4.78 is 11.4. The summed E-state index contributed by atoms with van der Waals surface area (Å²) in [5.74, 6) is 1.49. The highest BCUT2D eigenvalue weighted by atomic mass is 16.6. The lowest BCUT2D eigenvalue weighted by Crippen LogP contribution is -2.36. The zero-order valence-corrected chi connectivity index (χ0v) is 18.0. The Labute approximate surface area is 170 Å². The minimum Gasteiger partial charge on any atom is -0.444 e. The third kappa shape index (κ3) is 5.99. The van der Waals surface area contributed by atoms with Crippen LogP contribution in [-0.2, 0) is 4.74 Å². The van der Waals surface area contributed by atoms with E-state index in [0.29, 0.717) is 5.92 Å². The lowest BCUT2D eigenvalue weighted by Gasteiger charge is -2.27. The van der Waals surface area contributed by atoms with Gasteiger partial charge in [-0.25, -0.2) is 4.79 Å². The summed E-state index contributed by atoms with van der Waals surface area (Å²) in [4.78, 5) is 14.4. The molecule has 0 aromatic carbocycles. The van der Waals surface area contributed by atoms with Crippen LogP contribution in [0.5, 0.6) is 0 Å². The predicted molar refractivity (Wildman–Crippen MR) is 110 cm³/mol. The minimum atomic E-state index is -0.478. The molecule has 1 atom stereocenters. The van der Waals surface area contributed by atoms with Crippen molar-refractivity contribution in [3.8, 4) is 0 Å². The maximum Gasteiger partial charge on any atom is 0.410 e. The summed E-state index contributed by atoms with van der Waals surface area (Å²) in [5, 5.41) is 4.39. The first-order chi connectivity index (χ1) is 13.4. The molecule has 1 aliphatic heterocycles. The standard InChI is InChI=1S/C23H38N2O3/c1-23(2,3)27-22(26)25-16-12-15-20(25)19-17-21(28-24-19)18-13-10-8-6-4-5-7-9-11-14-18/h17-18,20H,4-16H2,1-3H3. The number of hydrogen-bond acceptors (Lipinski definition) is 4. The van der Waals surface area contributed by atoms with Crippen LogP contribution in [0.2, 0.25) is 0 Å². The zero-order valence-electron chi connectivity index (χ0n) is 18.0. The molecule has 28 heavy (non-hydrogen) atoms. The number of nitrogens with zero attached hydrogens (tertiary/aromatic N) is 2. The van der Waals surface area contributed by atoms with Crippen LogP contribution in [0.3, 0.4) is 0 Å². The van der Waals surface area contributed by atoms with Crippen molar-refractivity contribution < 1.29 is 14.1 Å². The molecule has 2 fully saturated rings. The second kappa shape index (κ2) is 9.80. The van der Waals surface area contributed by atoms with Crippen LogP contribution in [-0.4, -0.2) is 28.3 Å². The van der Waals surface area contributed by atoms with Gasteiger partial charge >= 0.3 is 6.09 Å². The van der Waals surface area contributed by atoms with E-state index in [1.54, 1.807) is 0 Å². The van der Waals surface area contributed by atoms with Crippen LogP contribution in [0.25, 0.3) is 0 Å². The molecule has 2 heterocycles. The van der Waals surface area contributed by atoms with Gasteiger partial charge in [-0.1, -0.05) is 56.5 Å². The molecule has 158 valence electrons. The van der Waals surface area contributed by atoms with Gasteiger partial charge in [0.2, 0.25) is 0 Å². The summed E-state index contributed by atoms with van der Waals surface area (Å²) in [6.07, 6.45) is 14.7. The van der Waals surface area contributed by atoms with Crippen molar-refractivity contribution in [1.82, 2.24) is 10.1 Å². The Morgan fingerprint density at radius 1 is 1.00 bits per heavy atom. The van der Waals surface area contributed by atoms with Crippen molar-refractivity contribution in [2.24, 2.45) is 0 Å². The molecule has 3 rings (SSSR count). The van der Waals surface area contributed by atoms with E-state index in [2.05, 4.69) is 11.2 Å². The third-order valence-electron chi connectivity index (χ3n) is 6.03. The van der Waals surface area contributed by atoms with Crippen LogP contribution in [0.15, 0.2) is 10.6 Å². The van der Waals surface area contributed by atoms with Crippen molar-refractivity contribution in [3.63, 3.8) is 0 Å². The molecule has 2 aliphatic rings. The zero-order chi connectivity index (χ0) is 20.0. The minimum absolute atomic E-state index is 0.0184. The van der Waals surface area contributed by atoms with Crippen LogP contribution in [0.1, 0.15) is 121 Å². The van der Waals surface area contributed by atoms with Crippen LogP contribution >= 0.6 is 0 Å². The van der Waals surface area contributed by atoms with E-state index >= 15 is 0 Å². The fraction of sp³-hybridized carbons (Fsp3) is 0.826. The summed E-state index contributed by atoms with van der Waals surface area (Å²) in [6, 6.07) is 2.10. The van der Waals surface area contributed by atoms with E-state index in [4.69, 9.17) is 9.26 Å². The summed E-state index contributed by atoms with van der Waals surface area (Å²) in [5.41, 5.74) is 0.418. The van der Waals surface area contributed by atoms with Gasteiger partial charge in [-0.05, 0) is 46.5 Å². The van der Waals surface area contributed by atoms with E-state index in [1.807, 2.05) is 25.7 Å². The molecule has 0 N–H and O–H groups in total. The number of carbonyl (C=O) groups is 1. The van der Waals surface area contributed by atoms with Crippen molar-refractivity contribution in [1.29, 1.82) is 0 Å². The first kappa shape index (κ1) is 21.2. The fourth-order valence-corrected chi connectivity index (χ4v) is 4.54. The largest absolute Gasteiger partial charge is 0.444 e. The highest BCUT2D eigenvalue weighted by Crippen LogP contribution is 2.36. The molecule has 1 aliphatic carbocycles. The number of carbonyl (C=O) groups excluding carboxylic acids is 1. The lowest BCUT2D eigenvalue weighted by atomic mass is 9.92. The highest BCUT2D eigenvalue weighted by Gasteiger charge is 2.35. The average Bonchev–Trinajstić information content (AvgIpc) is 3.27. The molecule has 5 nitrogen and oxygen atoms in total. The van der Waals surface area contributed by atoms with E-state index in [-0.39, 0.29) is 12.1 Å². The van der Waals surface area contributed by atoms with Crippen molar-refractivity contribution >= 4 is 6.09 Å². The Morgan fingerprint density at radius 3 is 2.21 bits per heavy atom. The Morgan fingerprint density at radius 2 is 1.61 bits per heavy atom. The average molecular weight is 391 g/mol. The number of aromatic nitrogens is 1. The maximum absolute atomic E-state index is 12.6. The van der Waals surface area contributed by atoms with Crippen molar-refractivity contribution in [2.45, 2.75) is 115 Å². The molecule has 1 aromatic heterocycles. The summed E-state index contributed by atoms with van der Waals surface area (Å²) in [7, 11) is 0. The number of likely N-dealkylation sites (tertiary alicyclic amines) is 1. The van der Waals surface area contributed by atoms with Gasteiger partial charge in [0.05, 0.1) is 6.04 Å². The van der Waals surface area contributed by atoms with Crippen molar-refractivity contribution in [3.05, 3.63) is 17.5 Å². The summed E-state index contributed by atoms with van der Waals surface area (Å²) in [6.45, 7) is 6.45. The van der Waals surface area contributed by atoms with E-state index < -0.39 is 5.60 Å². The normalized spacial score (nSPS) is 23.4. The first-order valence-electron chi connectivity index (χ1n) is 11.4. The monoisotopic (exact) mass is 390 g/mol. The smallest absolute Gasteiger partial charge is 0.410 e. The molecule has 0 spiro atoms. The number of hydrogen-bond donors (Lipinski definition) is 0. The maximum atomic E-state index is 12.6. The number of rotatable bonds is 2. The number of ether oxygens (including phenoxy) is 1. The molecule has 0 radical (unpaired) electrons. The SMILES string of the molecule is CC(C)(C)OC(=O)N1CCCC1c1cc(C2CCCCCCCCCC2)on1. The van der Waals surface area contributed by atoms with E-state index in [1.165, 1.54) is 64.2 Å². The van der Waals surface area contributed by atoms with Crippen molar-refractivity contribution in [2.75, 3.05) is 6.54 Å². The van der Waals surface area contributed by atoms with Crippen LogP contribution < -0.4 is 0 Å². The highest BCUT2D eigenvalue weighted by molar-refractivity contribution is 5.69. The molecular weight excluding hydrogens is 352 g/mol. The fourth-order valence-electron chi connectivity index (χ4n) is 4.54. The molecule has 1 unspecified atom stereocenters. The van der Waals surface area contributed by atoms with Gasteiger partial charge in [0.15, 0.2) is 0 Å². The lowest BCUT2D eigenvalue weighted by molar-refractivity contribution is 0.0219. The van der Waals surface area contributed by atoms with E-state index in [9.17, 15) is 4.79 Å². The Kier molecular flexibility index (Phi) is 7.42. The molecule has 5 heteroatoms. The molecular formula is C23H38N2O3. The first-order valence-corrected chi connectivity index (χ1v) is 11.4. The van der Waals surface area contributed by atoms with Crippen LogP contribution in [0, 0.1) is 0 Å². The van der Waals surface area contributed by atoms with Gasteiger partial charge in [-0.2, -0.15) is 0 Å². The molecule has 1 saturated heterocycles. The molecule has 1 amide bonds. The van der Waals surface area contributed by atoms with Gasteiger partial charge in [-0.3, -0.25) is 4.90 Å². The Hall–Kier alpha value is -1.52. The van der Waals surface area contributed by atoms with Gasteiger partial charge < -0.3 is 9.26 Å². The second-order valence-electron chi connectivity index (χ2n) is 9.59. The Bertz CT molecular complexity index is 608. The second-order valence-corrected chi connectivity index (χ2v) is 9.59. The topological polar surface area (TPSA) is 55.6 Å². The molecule has 0 bridgehead atoms.